The summed E-state index contributed by atoms with van der Waals surface area (Å²) in [5.74, 6) is 0.648. The van der Waals surface area contributed by atoms with Crippen molar-refractivity contribution in [2.75, 3.05) is 13.1 Å². The third-order valence-corrected chi connectivity index (χ3v) is 5.28. The average Bonchev–Trinajstić information content (AvgIpc) is 3.08. The van der Waals surface area contributed by atoms with Crippen molar-refractivity contribution < 1.29 is 0 Å². The lowest BCUT2D eigenvalue weighted by atomic mass is 10.1. The number of benzene rings is 1. The molecule has 2 unspecified atom stereocenters. The van der Waals surface area contributed by atoms with Gasteiger partial charge in [0.25, 0.3) is 0 Å². The molecule has 0 aliphatic carbocycles. The lowest BCUT2D eigenvalue weighted by molar-refractivity contribution is 0.253. The number of aromatic nitrogens is 1. The molecule has 1 fully saturated rings. The van der Waals surface area contributed by atoms with Gasteiger partial charge in [0.2, 0.25) is 0 Å². The molecule has 3 nitrogen and oxygen atoms in total. The lowest BCUT2D eigenvalue weighted by Gasteiger charge is -2.19. The summed E-state index contributed by atoms with van der Waals surface area (Å²) < 4.78 is 0. The maximum Gasteiger partial charge on any atom is 0.123 e. The third kappa shape index (κ3) is 3.87. The van der Waals surface area contributed by atoms with Crippen LogP contribution in [0.15, 0.2) is 29.6 Å². The van der Waals surface area contributed by atoms with E-state index in [4.69, 9.17) is 10.7 Å². The van der Waals surface area contributed by atoms with Crippen LogP contribution < -0.4 is 5.73 Å². The van der Waals surface area contributed by atoms with Crippen LogP contribution in [-0.2, 0) is 6.54 Å². The Morgan fingerprint density at radius 1 is 1.32 bits per heavy atom. The van der Waals surface area contributed by atoms with Gasteiger partial charge < -0.3 is 5.73 Å². The van der Waals surface area contributed by atoms with E-state index in [1.54, 1.807) is 11.3 Å². The summed E-state index contributed by atoms with van der Waals surface area (Å²) >= 11 is 1.74. The summed E-state index contributed by atoms with van der Waals surface area (Å²) in [5, 5.41) is 3.31. The van der Waals surface area contributed by atoms with Crippen LogP contribution in [-0.4, -0.2) is 29.0 Å². The summed E-state index contributed by atoms with van der Waals surface area (Å²) in [6, 6.07) is 9.21. The molecule has 3 rings (SSSR count). The number of thiazole rings is 1. The largest absolute Gasteiger partial charge is 0.330 e. The Kier molecular flexibility index (Phi) is 5.98. The SMILES string of the molecule is Cc1ccc(-c2nc(CN3CC(CN)CC3C)cs2)cc1.Cl. The summed E-state index contributed by atoms with van der Waals surface area (Å²) in [4.78, 5) is 7.31. The maximum absolute atomic E-state index is 5.80. The van der Waals surface area contributed by atoms with Crippen LogP contribution in [0.3, 0.4) is 0 Å². The zero-order chi connectivity index (χ0) is 14.8. The van der Waals surface area contributed by atoms with Crippen molar-refractivity contribution in [3.05, 3.63) is 40.9 Å². The van der Waals surface area contributed by atoms with E-state index in [9.17, 15) is 0 Å². The van der Waals surface area contributed by atoms with Gasteiger partial charge in [0.15, 0.2) is 0 Å². The summed E-state index contributed by atoms with van der Waals surface area (Å²) in [6.07, 6.45) is 1.21. The Hall–Kier alpha value is -0.940. The number of hydrogen-bond donors (Lipinski definition) is 1. The van der Waals surface area contributed by atoms with Gasteiger partial charge in [0.05, 0.1) is 5.69 Å². The van der Waals surface area contributed by atoms with Crippen molar-refractivity contribution in [3.63, 3.8) is 0 Å². The van der Waals surface area contributed by atoms with E-state index in [-0.39, 0.29) is 12.4 Å². The van der Waals surface area contributed by atoms with Crippen LogP contribution in [0.1, 0.15) is 24.6 Å². The molecule has 1 saturated heterocycles. The maximum atomic E-state index is 5.80. The van der Waals surface area contributed by atoms with Gasteiger partial charge in [0.1, 0.15) is 5.01 Å². The highest BCUT2D eigenvalue weighted by Gasteiger charge is 2.28. The zero-order valence-electron chi connectivity index (χ0n) is 13.2. The fourth-order valence-electron chi connectivity index (χ4n) is 3.03. The molecule has 2 aromatic rings. The molecule has 120 valence electrons. The van der Waals surface area contributed by atoms with E-state index in [2.05, 4.69) is 48.4 Å². The second-order valence-electron chi connectivity index (χ2n) is 6.13. The van der Waals surface area contributed by atoms with Gasteiger partial charge in [-0.05, 0) is 32.7 Å². The van der Waals surface area contributed by atoms with E-state index >= 15 is 0 Å². The molecule has 1 aromatic heterocycles. The van der Waals surface area contributed by atoms with Crippen LogP contribution in [0.4, 0.5) is 0 Å². The Labute approximate surface area is 143 Å². The molecular weight excluding hydrogens is 314 g/mol. The van der Waals surface area contributed by atoms with Gasteiger partial charge in [-0.15, -0.1) is 23.7 Å². The van der Waals surface area contributed by atoms with Crippen molar-refractivity contribution in [3.8, 4) is 10.6 Å². The first-order valence-electron chi connectivity index (χ1n) is 7.61. The number of halogens is 1. The van der Waals surface area contributed by atoms with Crippen LogP contribution in [0.5, 0.6) is 0 Å². The van der Waals surface area contributed by atoms with Crippen molar-refractivity contribution in [1.29, 1.82) is 0 Å². The third-order valence-electron chi connectivity index (χ3n) is 4.34. The molecule has 5 heteroatoms. The highest BCUT2D eigenvalue weighted by molar-refractivity contribution is 7.13. The summed E-state index contributed by atoms with van der Waals surface area (Å²) in [5.41, 5.74) is 9.48. The standard InChI is InChI=1S/C17H23N3S.ClH/c1-12-3-5-15(6-4-12)17-19-16(11-21-17)10-20-9-14(8-18)7-13(20)2;/h3-6,11,13-14H,7-10,18H2,1-2H3;1H. The zero-order valence-corrected chi connectivity index (χ0v) is 14.8. The molecule has 2 N–H and O–H groups in total. The molecule has 1 aliphatic heterocycles. The van der Waals surface area contributed by atoms with Gasteiger partial charge in [-0.25, -0.2) is 4.98 Å². The minimum atomic E-state index is 0. The van der Waals surface area contributed by atoms with Crippen molar-refractivity contribution in [2.24, 2.45) is 11.7 Å². The number of aryl methyl sites for hydroxylation is 1. The Morgan fingerprint density at radius 2 is 2.05 bits per heavy atom. The van der Waals surface area contributed by atoms with Gasteiger partial charge in [-0.3, -0.25) is 4.90 Å². The monoisotopic (exact) mass is 337 g/mol. The van der Waals surface area contributed by atoms with Crippen LogP contribution in [0, 0.1) is 12.8 Å². The van der Waals surface area contributed by atoms with E-state index in [0.29, 0.717) is 12.0 Å². The number of rotatable bonds is 4. The molecule has 0 spiro atoms. The van der Waals surface area contributed by atoms with Gasteiger partial charge >= 0.3 is 0 Å². The van der Waals surface area contributed by atoms with Crippen LogP contribution >= 0.6 is 23.7 Å². The number of hydrogen-bond acceptors (Lipinski definition) is 4. The van der Waals surface area contributed by atoms with E-state index in [1.807, 2.05) is 0 Å². The van der Waals surface area contributed by atoms with Crippen LogP contribution in [0.25, 0.3) is 10.6 Å². The molecule has 0 radical (unpaired) electrons. The lowest BCUT2D eigenvalue weighted by Crippen LogP contribution is -2.27. The molecule has 0 saturated carbocycles. The van der Waals surface area contributed by atoms with E-state index < -0.39 is 0 Å². The minimum absolute atomic E-state index is 0. The fourth-order valence-corrected chi connectivity index (χ4v) is 3.84. The predicted molar refractivity (Wildman–Crippen MR) is 96.6 cm³/mol. The van der Waals surface area contributed by atoms with Gasteiger partial charge in [0, 0.05) is 30.1 Å². The molecule has 2 heterocycles. The van der Waals surface area contributed by atoms with Gasteiger partial charge in [-0.1, -0.05) is 29.8 Å². The van der Waals surface area contributed by atoms with Crippen LogP contribution in [0.2, 0.25) is 0 Å². The summed E-state index contributed by atoms with van der Waals surface area (Å²) in [6.45, 7) is 7.25. The molecule has 22 heavy (non-hydrogen) atoms. The van der Waals surface area contributed by atoms with Crippen molar-refractivity contribution >= 4 is 23.7 Å². The average molecular weight is 338 g/mol. The number of nitrogens with two attached hydrogens (primary N) is 1. The first-order valence-corrected chi connectivity index (χ1v) is 8.49. The Bertz CT molecular complexity index is 596. The highest BCUT2D eigenvalue weighted by atomic mass is 35.5. The van der Waals surface area contributed by atoms with Crippen molar-refractivity contribution in [2.45, 2.75) is 32.9 Å². The minimum Gasteiger partial charge on any atom is -0.330 e. The van der Waals surface area contributed by atoms with Crippen molar-refractivity contribution in [1.82, 2.24) is 9.88 Å². The number of nitrogens with zero attached hydrogens (tertiary/aromatic N) is 2. The summed E-state index contributed by atoms with van der Waals surface area (Å²) in [7, 11) is 0. The predicted octanol–water partition coefficient (Wildman–Crippen LogP) is 3.71. The fraction of sp³-hybridized carbons (Fsp3) is 0.471. The smallest absolute Gasteiger partial charge is 0.123 e. The van der Waals surface area contributed by atoms with Gasteiger partial charge in [-0.2, -0.15) is 0 Å². The second kappa shape index (κ2) is 7.55. The molecule has 2 atom stereocenters. The number of likely N-dealkylation sites (tertiary alicyclic amines) is 1. The molecule has 0 amide bonds. The Balaban J connectivity index is 0.00000176. The first kappa shape index (κ1) is 17.4. The second-order valence-corrected chi connectivity index (χ2v) is 6.98. The molecular formula is C17H24ClN3S. The Morgan fingerprint density at radius 3 is 2.68 bits per heavy atom. The molecule has 1 aliphatic rings. The van der Waals surface area contributed by atoms with E-state index in [0.717, 1.165) is 24.6 Å². The first-order chi connectivity index (χ1) is 10.2. The highest BCUT2D eigenvalue weighted by Crippen LogP contribution is 2.27. The molecule has 0 bridgehead atoms. The van der Waals surface area contributed by atoms with E-state index in [1.165, 1.54) is 23.2 Å². The normalized spacial score (nSPS) is 21.8. The quantitative estimate of drug-likeness (QED) is 0.924. The topological polar surface area (TPSA) is 42.2 Å². The molecule has 1 aromatic carbocycles.